The number of benzene rings is 9. The zero-order chi connectivity index (χ0) is 38.9. The van der Waals surface area contributed by atoms with Gasteiger partial charge >= 0.3 is 0 Å². The number of hydrogen-bond acceptors (Lipinski definition) is 4. The SMILES string of the molecule is c1ccc(N(c2ccccc2)c2ccc(N(c3ccc4c(c3)oc3ccccc34)c3cccc4c3-c3ccccc3C43c4ccccc4Oc4ccccc43)cc2)cc1. The molecule has 1 aliphatic heterocycles. The first-order valence-electron chi connectivity index (χ1n) is 20.1. The summed E-state index contributed by atoms with van der Waals surface area (Å²) in [5.41, 5.74) is 14.7. The Morgan fingerprint density at radius 2 is 0.847 bits per heavy atom. The Labute approximate surface area is 342 Å². The third-order valence-electron chi connectivity index (χ3n) is 12.1. The van der Waals surface area contributed by atoms with Crippen LogP contribution in [0, 0.1) is 0 Å². The normalized spacial score (nSPS) is 13.0. The lowest BCUT2D eigenvalue weighted by molar-refractivity contribution is 0.436. The van der Waals surface area contributed by atoms with E-state index in [-0.39, 0.29) is 0 Å². The molecule has 4 nitrogen and oxygen atoms in total. The lowest BCUT2D eigenvalue weighted by Gasteiger charge is -2.39. The summed E-state index contributed by atoms with van der Waals surface area (Å²) >= 11 is 0. The Bertz CT molecular complexity index is 3120. The number of para-hydroxylation sites is 5. The highest BCUT2D eigenvalue weighted by Crippen LogP contribution is 2.64. The molecule has 0 bridgehead atoms. The smallest absolute Gasteiger partial charge is 0.137 e. The van der Waals surface area contributed by atoms with E-state index in [1.165, 1.54) is 22.3 Å². The van der Waals surface area contributed by atoms with Gasteiger partial charge in [0.1, 0.15) is 22.7 Å². The van der Waals surface area contributed by atoms with E-state index in [0.717, 1.165) is 78.7 Å². The van der Waals surface area contributed by atoms with Crippen molar-refractivity contribution in [3.8, 4) is 22.6 Å². The lowest BCUT2D eigenvalue weighted by Crippen LogP contribution is -2.32. The maximum Gasteiger partial charge on any atom is 0.137 e. The summed E-state index contributed by atoms with van der Waals surface area (Å²) in [5, 5.41) is 2.21. The molecule has 0 radical (unpaired) electrons. The van der Waals surface area contributed by atoms with E-state index in [1.54, 1.807) is 0 Å². The Kier molecular flexibility index (Phi) is 7.41. The standard InChI is InChI=1S/C55H36N2O2/c1-3-16-37(17-4-1)56(38-18-5-2-6-19-38)39-30-32-40(33-31-39)57(41-34-35-43-42-20-8-12-27-50(42)58-53(43)36-41)49-26-15-25-48-54(49)44-21-7-9-22-45(44)55(48)46-23-10-13-28-51(46)59-52-29-14-11-24-47(52)55/h1-36H. The maximum atomic E-state index is 6.65. The third-order valence-corrected chi connectivity index (χ3v) is 12.1. The van der Waals surface area contributed by atoms with Gasteiger partial charge in [-0.2, -0.15) is 0 Å². The van der Waals surface area contributed by atoms with Gasteiger partial charge in [0.15, 0.2) is 0 Å². The van der Waals surface area contributed by atoms with Crippen molar-refractivity contribution in [3.05, 3.63) is 241 Å². The molecule has 0 N–H and O–H groups in total. The predicted octanol–water partition coefficient (Wildman–Crippen LogP) is 15.0. The van der Waals surface area contributed by atoms with Crippen LogP contribution in [0.15, 0.2) is 223 Å². The fraction of sp³-hybridized carbons (Fsp3) is 0.0182. The molecule has 0 atom stereocenters. The molecule has 0 saturated carbocycles. The van der Waals surface area contributed by atoms with Crippen molar-refractivity contribution in [2.45, 2.75) is 5.41 Å². The molecule has 1 aromatic heterocycles. The summed E-state index contributed by atoms with van der Waals surface area (Å²) in [6.45, 7) is 0. The number of hydrogen-bond donors (Lipinski definition) is 0. The van der Waals surface area contributed by atoms with Crippen LogP contribution in [0.25, 0.3) is 33.1 Å². The number of ether oxygens (including phenoxy) is 1. The Hall–Kier alpha value is -7.82. The van der Waals surface area contributed by atoms with Crippen molar-refractivity contribution in [2.75, 3.05) is 9.80 Å². The quantitative estimate of drug-likeness (QED) is 0.169. The van der Waals surface area contributed by atoms with Gasteiger partial charge in [0.05, 0.1) is 11.1 Å². The van der Waals surface area contributed by atoms with E-state index in [4.69, 9.17) is 9.15 Å². The fourth-order valence-electron chi connectivity index (χ4n) is 9.70. The summed E-state index contributed by atoms with van der Waals surface area (Å²) in [4.78, 5) is 4.70. The van der Waals surface area contributed by atoms with Crippen LogP contribution in [-0.4, -0.2) is 0 Å². The second kappa shape index (κ2) is 13.1. The Morgan fingerprint density at radius 1 is 0.339 bits per heavy atom. The molecule has 2 heterocycles. The molecular weight excluding hydrogens is 721 g/mol. The highest BCUT2D eigenvalue weighted by Gasteiger charge is 2.51. The molecule has 0 amide bonds. The molecule has 1 aliphatic carbocycles. The number of fused-ring (bicyclic) bond motifs is 12. The van der Waals surface area contributed by atoms with E-state index in [2.05, 4.69) is 216 Å². The van der Waals surface area contributed by atoms with Crippen molar-refractivity contribution in [2.24, 2.45) is 0 Å². The van der Waals surface area contributed by atoms with Crippen LogP contribution in [0.4, 0.5) is 34.1 Å². The van der Waals surface area contributed by atoms with E-state index in [0.29, 0.717) is 0 Å². The van der Waals surface area contributed by atoms with Gasteiger partial charge in [-0.25, -0.2) is 0 Å². The van der Waals surface area contributed by atoms with Crippen molar-refractivity contribution >= 4 is 56.1 Å². The second-order valence-corrected chi connectivity index (χ2v) is 15.2. The largest absolute Gasteiger partial charge is 0.457 e. The molecule has 9 aromatic carbocycles. The van der Waals surface area contributed by atoms with Crippen molar-refractivity contribution in [1.29, 1.82) is 0 Å². The van der Waals surface area contributed by atoms with E-state index in [9.17, 15) is 0 Å². The molecule has 0 unspecified atom stereocenters. The van der Waals surface area contributed by atoms with Crippen LogP contribution >= 0.6 is 0 Å². The van der Waals surface area contributed by atoms with Gasteiger partial charge in [0.25, 0.3) is 0 Å². The fourth-order valence-corrected chi connectivity index (χ4v) is 9.70. The summed E-state index contributed by atoms with van der Waals surface area (Å²) in [6.07, 6.45) is 0. The third kappa shape index (κ3) is 4.96. The van der Waals surface area contributed by atoms with Crippen LogP contribution in [0.5, 0.6) is 11.5 Å². The van der Waals surface area contributed by atoms with Gasteiger partial charge in [-0.15, -0.1) is 0 Å². The van der Waals surface area contributed by atoms with Crippen LogP contribution < -0.4 is 14.5 Å². The van der Waals surface area contributed by atoms with Gasteiger partial charge in [-0.3, -0.25) is 0 Å². The highest BCUT2D eigenvalue weighted by molar-refractivity contribution is 6.07. The molecule has 0 saturated heterocycles. The minimum absolute atomic E-state index is 0.586. The second-order valence-electron chi connectivity index (χ2n) is 15.2. The number of anilines is 6. The predicted molar refractivity (Wildman–Crippen MR) is 240 cm³/mol. The van der Waals surface area contributed by atoms with Gasteiger partial charge in [-0.1, -0.05) is 127 Å². The van der Waals surface area contributed by atoms with Gasteiger partial charge in [-0.05, 0) is 102 Å². The van der Waals surface area contributed by atoms with E-state index in [1.807, 2.05) is 12.1 Å². The minimum Gasteiger partial charge on any atom is -0.457 e. The first-order valence-corrected chi connectivity index (χ1v) is 20.1. The van der Waals surface area contributed by atoms with E-state index >= 15 is 0 Å². The lowest BCUT2D eigenvalue weighted by atomic mass is 9.66. The zero-order valence-corrected chi connectivity index (χ0v) is 32.0. The van der Waals surface area contributed by atoms with E-state index < -0.39 is 5.41 Å². The average molecular weight is 757 g/mol. The van der Waals surface area contributed by atoms with Crippen LogP contribution in [-0.2, 0) is 5.41 Å². The average Bonchev–Trinajstić information content (AvgIpc) is 3.82. The van der Waals surface area contributed by atoms with Gasteiger partial charge in [0, 0.05) is 62.0 Å². The van der Waals surface area contributed by atoms with Gasteiger partial charge < -0.3 is 19.0 Å². The van der Waals surface area contributed by atoms with Crippen LogP contribution in [0.2, 0.25) is 0 Å². The monoisotopic (exact) mass is 756 g/mol. The maximum absolute atomic E-state index is 6.65. The molecule has 278 valence electrons. The Morgan fingerprint density at radius 3 is 1.54 bits per heavy atom. The summed E-state index contributed by atoms with van der Waals surface area (Å²) in [5.74, 6) is 1.76. The van der Waals surface area contributed by atoms with Gasteiger partial charge in [0.2, 0.25) is 0 Å². The minimum atomic E-state index is -0.586. The first kappa shape index (κ1) is 33.3. The summed E-state index contributed by atoms with van der Waals surface area (Å²) < 4.78 is 13.2. The Balaban J connectivity index is 1.11. The number of furan rings is 1. The van der Waals surface area contributed by atoms with Crippen LogP contribution in [0.1, 0.15) is 22.3 Å². The molecule has 0 fully saturated rings. The molecule has 10 aromatic rings. The number of rotatable bonds is 6. The van der Waals surface area contributed by atoms with Crippen LogP contribution in [0.3, 0.4) is 0 Å². The van der Waals surface area contributed by atoms with Crippen molar-refractivity contribution in [1.82, 2.24) is 0 Å². The van der Waals surface area contributed by atoms with Crippen molar-refractivity contribution in [3.63, 3.8) is 0 Å². The molecule has 2 aliphatic rings. The topological polar surface area (TPSA) is 28.9 Å². The molecule has 59 heavy (non-hydrogen) atoms. The highest BCUT2D eigenvalue weighted by atomic mass is 16.5. The molecule has 1 spiro atoms. The first-order chi connectivity index (χ1) is 29.3. The number of nitrogens with zero attached hydrogens (tertiary/aromatic N) is 2. The van der Waals surface area contributed by atoms with Crippen molar-refractivity contribution < 1.29 is 9.15 Å². The zero-order valence-electron chi connectivity index (χ0n) is 32.0. The molecular formula is C55H36N2O2. The molecule has 12 rings (SSSR count). The summed E-state index contributed by atoms with van der Waals surface area (Å²) in [7, 11) is 0. The summed E-state index contributed by atoms with van der Waals surface area (Å²) in [6, 6.07) is 77.7. The molecule has 4 heteroatoms.